The summed E-state index contributed by atoms with van der Waals surface area (Å²) in [4.78, 5) is 44.7. The Morgan fingerprint density at radius 2 is 1.52 bits per heavy atom. The maximum Gasteiger partial charge on any atom is 0.317 e. The van der Waals surface area contributed by atoms with E-state index >= 15 is 0 Å². The van der Waals surface area contributed by atoms with E-state index < -0.39 is 0 Å². The summed E-state index contributed by atoms with van der Waals surface area (Å²) in [6.45, 7) is 14.9. The zero-order valence-corrected chi connectivity index (χ0v) is 18.7. The molecule has 0 aromatic rings. The Labute approximate surface area is 175 Å². The normalized spacial score (nSPS) is 23.0. The first kappa shape index (κ1) is 23.4. The molecule has 0 aromatic carbocycles. The average Bonchev–Trinajstić information content (AvgIpc) is 2.68. The summed E-state index contributed by atoms with van der Waals surface area (Å²) in [5.74, 6) is 1.41. The molecular weight excluding hydrogens is 370 g/mol. The first-order valence-corrected chi connectivity index (χ1v) is 11.1. The summed E-state index contributed by atoms with van der Waals surface area (Å²) >= 11 is 0. The molecule has 4 amide bonds. The van der Waals surface area contributed by atoms with Crippen molar-refractivity contribution in [2.45, 2.75) is 40.5 Å². The van der Waals surface area contributed by atoms with Gasteiger partial charge in [-0.3, -0.25) is 14.5 Å². The van der Waals surface area contributed by atoms with Gasteiger partial charge in [0.25, 0.3) is 0 Å². The highest BCUT2D eigenvalue weighted by Crippen LogP contribution is 2.21. The number of piperidine rings is 1. The lowest BCUT2D eigenvalue weighted by atomic mass is 9.92. The molecule has 2 unspecified atom stereocenters. The van der Waals surface area contributed by atoms with Gasteiger partial charge < -0.3 is 20.0 Å². The molecule has 2 aliphatic rings. The van der Waals surface area contributed by atoms with Crippen molar-refractivity contribution in [3.05, 3.63) is 0 Å². The molecule has 2 aliphatic heterocycles. The fourth-order valence-corrected chi connectivity index (χ4v) is 4.39. The van der Waals surface area contributed by atoms with Crippen LogP contribution in [-0.4, -0.2) is 103 Å². The molecule has 0 spiro atoms. The van der Waals surface area contributed by atoms with Gasteiger partial charge in [0, 0.05) is 65.3 Å². The molecule has 0 aliphatic carbocycles. The van der Waals surface area contributed by atoms with E-state index in [1.807, 2.05) is 18.7 Å². The number of amides is 4. The van der Waals surface area contributed by atoms with Gasteiger partial charge in [-0.25, -0.2) is 4.79 Å². The highest BCUT2D eigenvalue weighted by Gasteiger charge is 2.28. The van der Waals surface area contributed by atoms with Gasteiger partial charge in [-0.15, -0.1) is 0 Å². The molecule has 0 bridgehead atoms. The minimum absolute atomic E-state index is 0.0694. The summed E-state index contributed by atoms with van der Waals surface area (Å²) in [6.07, 6.45) is 1.52. The van der Waals surface area contributed by atoms with Gasteiger partial charge in [0.15, 0.2) is 0 Å². The molecule has 2 heterocycles. The van der Waals surface area contributed by atoms with Gasteiger partial charge in [-0.2, -0.15) is 0 Å². The number of piperazine rings is 1. The molecule has 2 atom stereocenters. The number of nitrogens with one attached hydrogen (secondary N) is 1. The Bertz CT molecular complexity index is 549. The third-order valence-electron chi connectivity index (χ3n) is 5.97. The van der Waals surface area contributed by atoms with Crippen molar-refractivity contribution in [1.82, 2.24) is 24.9 Å². The second-order valence-electron chi connectivity index (χ2n) is 8.56. The van der Waals surface area contributed by atoms with Crippen LogP contribution >= 0.6 is 0 Å². The Kier molecular flexibility index (Phi) is 9.20. The molecule has 8 heteroatoms. The van der Waals surface area contributed by atoms with E-state index in [9.17, 15) is 14.4 Å². The topological polar surface area (TPSA) is 76.2 Å². The molecule has 2 saturated heterocycles. The molecule has 0 aromatic heterocycles. The molecule has 0 saturated carbocycles. The summed E-state index contributed by atoms with van der Waals surface area (Å²) in [6, 6.07) is -0.123. The summed E-state index contributed by atoms with van der Waals surface area (Å²) in [7, 11) is 0. The van der Waals surface area contributed by atoms with Crippen LogP contribution < -0.4 is 5.32 Å². The summed E-state index contributed by atoms with van der Waals surface area (Å²) in [5.41, 5.74) is 0. The largest absolute Gasteiger partial charge is 0.343 e. The van der Waals surface area contributed by atoms with E-state index in [2.05, 4.69) is 24.1 Å². The summed E-state index contributed by atoms with van der Waals surface area (Å²) in [5, 5.41) is 2.85. The molecule has 166 valence electrons. The SMILES string of the molecule is CCN(CC)C(=O)CCNC(=O)N1CCN(CC(=O)N2CC(C)CC(C)C2)CC1. The first-order valence-electron chi connectivity index (χ1n) is 11.1. The smallest absolute Gasteiger partial charge is 0.317 e. The van der Waals surface area contributed by atoms with Gasteiger partial charge in [0.2, 0.25) is 11.8 Å². The van der Waals surface area contributed by atoms with Crippen molar-refractivity contribution in [3.63, 3.8) is 0 Å². The Morgan fingerprint density at radius 3 is 2.07 bits per heavy atom. The number of rotatable bonds is 7. The zero-order valence-electron chi connectivity index (χ0n) is 18.7. The third kappa shape index (κ3) is 7.17. The van der Waals surface area contributed by atoms with Crippen molar-refractivity contribution in [2.75, 3.05) is 65.4 Å². The van der Waals surface area contributed by atoms with Crippen LogP contribution in [0, 0.1) is 11.8 Å². The molecule has 29 heavy (non-hydrogen) atoms. The molecule has 1 N–H and O–H groups in total. The van der Waals surface area contributed by atoms with Crippen LogP contribution in [0.25, 0.3) is 0 Å². The monoisotopic (exact) mass is 409 g/mol. The van der Waals surface area contributed by atoms with Gasteiger partial charge >= 0.3 is 6.03 Å². The molecule has 0 radical (unpaired) electrons. The predicted molar refractivity (Wildman–Crippen MR) is 113 cm³/mol. The Morgan fingerprint density at radius 1 is 0.931 bits per heavy atom. The number of nitrogens with zero attached hydrogens (tertiary/aromatic N) is 4. The van der Waals surface area contributed by atoms with Crippen LogP contribution in [0.1, 0.15) is 40.5 Å². The lowest BCUT2D eigenvalue weighted by molar-refractivity contribution is -0.135. The number of hydrogen-bond donors (Lipinski definition) is 1. The number of carbonyl (C=O) groups is 3. The second kappa shape index (κ2) is 11.4. The Balaban J connectivity index is 1.67. The Hall–Kier alpha value is -1.83. The van der Waals surface area contributed by atoms with Crippen molar-refractivity contribution in [3.8, 4) is 0 Å². The first-order chi connectivity index (χ1) is 13.8. The van der Waals surface area contributed by atoms with Gasteiger partial charge in [0.05, 0.1) is 6.54 Å². The molecule has 8 nitrogen and oxygen atoms in total. The summed E-state index contributed by atoms with van der Waals surface area (Å²) < 4.78 is 0. The van der Waals surface area contributed by atoms with Crippen molar-refractivity contribution in [2.24, 2.45) is 11.8 Å². The fourth-order valence-electron chi connectivity index (χ4n) is 4.39. The van der Waals surface area contributed by atoms with Gasteiger partial charge in [-0.1, -0.05) is 13.8 Å². The van der Waals surface area contributed by atoms with Crippen LogP contribution in [0.3, 0.4) is 0 Å². The van der Waals surface area contributed by atoms with Gasteiger partial charge in [-0.05, 0) is 32.1 Å². The van der Waals surface area contributed by atoms with E-state index in [1.165, 1.54) is 6.42 Å². The quantitative estimate of drug-likeness (QED) is 0.683. The maximum absolute atomic E-state index is 12.6. The van der Waals surface area contributed by atoms with Crippen molar-refractivity contribution in [1.29, 1.82) is 0 Å². The molecule has 2 fully saturated rings. The van der Waals surface area contributed by atoms with Crippen LogP contribution in [0.5, 0.6) is 0 Å². The number of urea groups is 1. The van der Waals surface area contributed by atoms with Crippen molar-refractivity contribution < 1.29 is 14.4 Å². The fraction of sp³-hybridized carbons (Fsp3) is 0.857. The minimum atomic E-state index is -0.123. The van der Waals surface area contributed by atoms with Crippen molar-refractivity contribution >= 4 is 17.8 Å². The predicted octanol–water partition coefficient (Wildman–Crippen LogP) is 1.08. The van der Waals surface area contributed by atoms with Crippen LogP contribution in [0.2, 0.25) is 0 Å². The highest BCUT2D eigenvalue weighted by atomic mass is 16.2. The van der Waals surface area contributed by atoms with E-state index in [0.717, 1.165) is 13.1 Å². The molecule has 2 rings (SSSR count). The van der Waals surface area contributed by atoms with Gasteiger partial charge in [0.1, 0.15) is 0 Å². The van der Waals surface area contributed by atoms with E-state index in [4.69, 9.17) is 0 Å². The van der Waals surface area contributed by atoms with Crippen LogP contribution in [0.4, 0.5) is 4.79 Å². The molecular formula is C21H39N5O3. The number of likely N-dealkylation sites (tertiary alicyclic amines) is 1. The standard InChI is InChI=1S/C21H39N5O3/c1-5-24(6-2)19(27)7-8-22-21(29)25-11-9-23(10-12-25)16-20(28)26-14-17(3)13-18(4)15-26/h17-18H,5-16H2,1-4H3,(H,22,29). The van der Waals surface area contributed by atoms with Crippen LogP contribution in [-0.2, 0) is 9.59 Å². The average molecular weight is 410 g/mol. The number of carbonyl (C=O) groups excluding carboxylic acids is 3. The maximum atomic E-state index is 12.6. The lowest BCUT2D eigenvalue weighted by Crippen LogP contribution is -2.54. The van der Waals surface area contributed by atoms with E-state index in [1.54, 1.807) is 9.80 Å². The number of hydrogen-bond acceptors (Lipinski definition) is 4. The second-order valence-corrected chi connectivity index (χ2v) is 8.56. The zero-order chi connectivity index (χ0) is 21.4. The minimum Gasteiger partial charge on any atom is -0.343 e. The highest BCUT2D eigenvalue weighted by molar-refractivity contribution is 5.79. The van der Waals surface area contributed by atoms with E-state index in [-0.39, 0.29) is 17.8 Å². The lowest BCUT2D eigenvalue weighted by Gasteiger charge is -2.38. The van der Waals surface area contributed by atoms with Crippen LogP contribution in [0.15, 0.2) is 0 Å². The van der Waals surface area contributed by atoms with E-state index in [0.29, 0.717) is 70.6 Å². The third-order valence-corrected chi connectivity index (χ3v) is 5.97.